The lowest BCUT2D eigenvalue weighted by Gasteiger charge is -2.12. The highest BCUT2D eigenvalue weighted by Crippen LogP contribution is 2.24. The van der Waals surface area contributed by atoms with E-state index >= 15 is 0 Å². The summed E-state index contributed by atoms with van der Waals surface area (Å²) in [4.78, 5) is 27.3. The molecule has 0 radical (unpaired) electrons. The topological polar surface area (TPSA) is 89.9 Å². The highest BCUT2D eigenvalue weighted by molar-refractivity contribution is 6.02. The van der Waals surface area contributed by atoms with E-state index in [1.807, 2.05) is 78.2 Å². The van der Waals surface area contributed by atoms with E-state index in [1.54, 1.807) is 6.33 Å². The summed E-state index contributed by atoms with van der Waals surface area (Å²) < 4.78 is 1.82. The van der Waals surface area contributed by atoms with Crippen LogP contribution >= 0.6 is 0 Å². The van der Waals surface area contributed by atoms with Gasteiger partial charge in [0.15, 0.2) is 17.2 Å². The first-order valence-electron chi connectivity index (χ1n) is 8.42. The number of nitrogens with zero attached hydrogens (tertiary/aromatic N) is 5. The number of aromatic nitrogens is 4. The molecule has 0 unspecified atom stereocenters. The zero-order valence-electron chi connectivity index (χ0n) is 15.0. The maximum Gasteiger partial charge on any atom is 0.269 e. The Morgan fingerprint density at radius 3 is 2.33 bits per heavy atom. The lowest BCUT2D eigenvalue weighted by molar-refractivity contribution is 0.0997. The number of carbonyl (C=O) groups is 1. The Hall–Kier alpha value is -3.74. The van der Waals surface area contributed by atoms with Crippen LogP contribution in [0.15, 0.2) is 60.9 Å². The van der Waals surface area contributed by atoms with Gasteiger partial charge in [0.05, 0.1) is 0 Å². The van der Waals surface area contributed by atoms with Crippen molar-refractivity contribution in [1.29, 1.82) is 0 Å². The summed E-state index contributed by atoms with van der Waals surface area (Å²) in [7, 11) is 3.95. The summed E-state index contributed by atoms with van der Waals surface area (Å²) in [5, 5.41) is 0. The zero-order chi connectivity index (χ0) is 19.0. The maximum atomic E-state index is 12.0. The average molecular weight is 358 g/mol. The maximum absolute atomic E-state index is 12.0. The van der Waals surface area contributed by atoms with Crippen molar-refractivity contribution in [3.8, 4) is 17.1 Å². The minimum absolute atomic E-state index is 0.112. The predicted octanol–water partition coefficient (Wildman–Crippen LogP) is 2.65. The van der Waals surface area contributed by atoms with Crippen LogP contribution in [0.25, 0.3) is 28.2 Å². The minimum Gasteiger partial charge on any atom is -0.378 e. The number of carbonyl (C=O) groups excluding carboxylic acids is 1. The fraction of sp³-hybridized carbons (Fsp3) is 0.100. The number of nitrogens with two attached hydrogens (primary N) is 1. The molecule has 0 atom stereocenters. The molecule has 0 bridgehead atoms. The van der Waals surface area contributed by atoms with Crippen molar-refractivity contribution in [2.24, 2.45) is 5.73 Å². The van der Waals surface area contributed by atoms with Gasteiger partial charge >= 0.3 is 0 Å². The Morgan fingerprint density at radius 1 is 1.00 bits per heavy atom. The van der Waals surface area contributed by atoms with Gasteiger partial charge in [0.1, 0.15) is 11.8 Å². The average Bonchev–Trinajstić information content (AvgIpc) is 3.11. The molecule has 0 saturated heterocycles. The van der Waals surface area contributed by atoms with Crippen LogP contribution in [0, 0.1) is 0 Å². The number of hydrogen-bond acceptors (Lipinski definition) is 5. The first kappa shape index (κ1) is 16.7. The van der Waals surface area contributed by atoms with Gasteiger partial charge in [-0.3, -0.25) is 9.36 Å². The van der Waals surface area contributed by atoms with Crippen LogP contribution in [0.3, 0.4) is 0 Å². The van der Waals surface area contributed by atoms with Crippen LogP contribution in [0.1, 0.15) is 10.5 Å². The second-order valence-corrected chi connectivity index (χ2v) is 6.32. The zero-order valence-corrected chi connectivity index (χ0v) is 15.0. The van der Waals surface area contributed by atoms with E-state index in [2.05, 4.69) is 15.0 Å². The van der Waals surface area contributed by atoms with Crippen molar-refractivity contribution in [2.45, 2.75) is 0 Å². The number of para-hydroxylation sites is 1. The van der Waals surface area contributed by atoms with Crippen LogP contribution < -0.4 is 10.6 Å². The summed E-state index contributed by atoms with van der Waals surface area (Å²) in [5.41, 5.74) is 9.34. The highest BCUT2D eigenvalue weighted by atomic mass is 16.1. The summed E-state index contributed by atoms with van der Waals surface area (Å²) in [6.45, 7) is 0. The molecule has 0 aliphatic heterocycles. The normalized spacial score (nSPS) is 10.9. The fourth-order valence-electron chi connectivity index (χ4n) is 2.89. The molecule has 4 aromatic rings. The van der Waals surface area contributed by atoms with Gasteiger partial charge < -0.3 is 10.6 Å². The number of benzene rings is 2. The van der Waals surface area contributed by atoms with Gasteiger partial charge in [-0.15, -0.1) is 0 Å². The van der Waals surface area contributed by atoms with Crippen LogP contribution in [0.5, 0.6) is 0 Å². The number of imidazole rings is 1. The standard InChI is InChI=1S/C20H18N6O/c1-25(2)14-10-8-13(9-11-14)19-23-16(18(21)27)17-20(24-19)26(12-22-17)15-6-4-3-5-7-15/h3-12H,1-2H3,(H2,21,27). The van der Waals surface area contributed by atoms with E-state index in [4.69, 9.17) is 5.73 Å². The summed E-state index contributed by atoms with van der Waals surface area (Å²) in [5.74, 6) is -0.203. The van der Waals surface area contributed by atoms with Crippen molar-refractivity contribution in [3.63, 3.8) is 0 Å². The van der Waals surface area contributed by atoms with Crippen molar-refractivity contribution >= 4 is 22.8 Å². The number of rotatable bonds is 4. The van der Waals surface area contributed by atoms with E-state index in [0.29, 0.717) is 17.0 Å². The molecule has 0 aliphatic rings. The summed E-state index contributed by atoms with van der Waals surface area (Å²) in [6.07, 6.45) is 1.63. The van der Waals surface area contributed by atoms with Gasteiger partial charge in [0.25, 0.3) is 5.91 Å². The molecule has 7 nitrogen and oxygen atoms in total. The highest BCUT2D eigenvalue weighted by Gasteiger charge is 2.18. The molecule has 2 heterocycles. The minimum atomic E-state index is -0.633. The van der Waals surface area contributed by atoms with Crippen molar-refractivity contribution in [2.75, 3.05) is 19.0 Å². The van der Waals surface area contributed by atoms with Crippen molar-refractivity contribution < 1.29 is 4.79 Å². The van der Waals surface area contributed by atoms with Gasteiger partial charge in [-0.1, -0.05) is 18.2 Å². The Kier molecular flexibility index (Phi) is 4.04. The third-order valence-electron chi connectivity index (χ3n) is 4.31. The number of anilines is 1. The number of amides is 1. The molecule has 0 fully saturated rings. The van der Waals surface area contributed by atoms with E-state index in [-0.39, 0.29) is 5.69 Å². The molecule has 2 aromatic carbocycles. The van der Waals surface area contributed by atoms with E-state index in [0.717, 1.165) is 16.9 Å². The Morgan fingerprint density at radius 2 is 1.70 bits per heavy atom. The van der Waals surface area contributed by atoms with Crippen molar-refractivity contribution in [3.05, 3.63) is 66.6 Å². The molecular weight excluding hydrogens is 340 g/mol. The first-order chi connectivity index (χ1) is 13.0. The third-order valence-corrected chi connectivity index (χ3v) is 4.31. The third kappa shape index (κ3) is 2.99. The van der Waals surface area contributed by atoms with E-state index in [9.17, 15) is 4.79 Å². The monoisotopic (exact) mass is 358 g/mol. The molecule has 1 amide bonds. The molecule has 0 spiro atoms. The molecule has 2 aromatic heterocycles. The van der Waals surface area contributed by atoms with Crippen LogP contribution in [0.2, 0.25) is 0 Å². The van der Waals surface area contributed by atoms with Gasteiger partial charge in [0, 0.05) is 31.0 Å². The molecule has 0 aliphatic carbocycles. The van der Waals surface area contributed by atoms with Crippen LogP contribution in [-0.2, 0) is 0 Å². The number of primary amides is 1. The largest absolute Gasteiger partial charge is 0.378 e. The van der Waals surface area contributed by atoms with Crippen LogP contribution in [-0.4, -0.2) is 39.5 Å². The molecule has 27 heavy (non-hydrogen) atoms. The van der Waals surface area contributed by atoms with Gasteiger partial charge in [-0.2, -0.15) is 0 Å². The molecule has 4 rings (SSSR count). The number of hydrogen-bond donors (Lipinski definition) is 1. The quantitative estimate of drug-likeness (QED) is 0.606. The van der Waals surface area contributed by atoms with E-state index < -0.39 is 5.91 Å². The first-order valence-corrected chi connectivity index (χ1v) is 8.42. The Labute approximate surface area is 156 Å². The molecular formula is C20H18N6O. The van der Waals surface area contributed by atoms with Gasteiger partial charge in [-0.05, 0) is 36.4 Å². The smallest absolute Gasteiger partial charge is 0.269 e. The number of fused-ring (bicyclic) bond motifs is 1. The predicted molar refractivity (Wildman–Crippen MR) is 105 cm³/mol. The molecule has 0 saturated carbocycles. The van der Waals surface area contributed by atoms with Crippen molar-refractivity contribution in [1.82, 2.24) is 19.5 Å². The van der Waals surface area contributed by atoms with Gasteiger partial charge in [-0.25, -0.2) is 15.0 Å². The van der Waals surface area contributed by atoms with E-state index in [1.165, 1.54) is 0 Å². The fourth-order valence-corrected chi connectivity index (χ4v) is 2.89. The molecule has 7 heteroatoms. The molecule has 134 valence electrons. The Balaban J connectivity index is 1.92. The second kappa shape index (κ2) is 6.53. The second-order valence-electron chi connectivity index (χ2n) is 6.32. The van der Waals surface area contributed by atoms with Gasteiger partial charge in [0.2, 0.25) is 0 Å². The lowest BCUT2D eigenvalue weighted by atomic mass is 10.2. The lowest BCUT2D eigenvalue weighted by Crippen LogP contribution is -2.15. The Bertz CT molecular complexity index is 1120. The summed E-state index contributed by atoms with van der Waals surface area (Å²) in [6, 6.07) is 17.5. The SMILES string of the molecule is CN(C)c1ccc(-c2nc(C(N)=O)c3ncn(-c4ccccc4)c3n2)cc1. The van der Waals surface area contributed by atoms with Crippen LogP contribution in [0.4, 0.5) is 5.69 Å². The summed E-state index contributed by atoms with van der Waals surface area (Å²) >= 11 is 0. The molecule has 2 N–H and O–H groups in total.